The highest BCUT2D eigenvalue weighted by atomic mass is 35.5. The number of halogens is 2. The maximum Gasteiger partial charge on any atom is 0.257 e. The summed E-state index contributed by atoms with van der Waals surface area (Å²) >= 11 is 5.86. The molecule has 1 aliphatic rings. The zero-order chi connectivity index (χ0) is 13.4. The molecule has 0 bridgehead atoms. The number of carbonyl (C=O) groups excluding carboxylic acids is 1. The van der Waals surface area contributed by atoms with Gasteiger partial charge in [0.2, 0.25) is 0 Å². The van der Waals surface area contributed by atoms with Gasteiger partial charge in [-0.25, -0.2) is 9.37 Å². The van der Waals surface area contributed by atoms with Gasteiger partial charge in [-0.05, 0) is 17.2 Å². The second-order valence-electron chi connectivity index (χ2n) is 4.42. The topological polar surface area (TPSA) is 33.2 Å². The summed E-state index contributed by atoms with van der Waals surface area (Å²) < 4.78 is 13.2. The first-order chi connectivity index (χ1) is 9.15. The van der Waals surface area contributed by atoms with E-state index < -0.39 is 5.82 Å². The van der Waals surface area contributed by atoms with Gasteiger partial charge >= 0.3 is 0 Å². The molecule has 0 fully saturated rings. The summed E-state index contributed by atoms with van der Waals surface area (Å²) in [5, 5.41) is 0.0300. The molecule has 1 aromatic carbocycles. The molecule has 5 heteroatoms. The van der Waals surface area contributed by atoms with Gasteiger partial charge in [0.15, 0.2) is 0 Å². The molecule has 3 rings (SSSR count). The fraction of sp³-hybridized carbons (Fsp3) is 0.143. The normalized spacial score (nSPS) is 13.5. The third kappa shape index (κ3) is 2.19. The van der Waals surface area contributed by atoms with Gasteiger partial charge in [-0.2, -0.15) is 0 Å². The summed E-state index contributed by atoms with van der Waals surface area (Å²) in [6.45, 7) is 1.03. The second-order valence-corrected chi connectivity index (χ2v) is 4.78. The molecule has 0 saturated heterocycles. The number of fused-ring (bicyclic) bond motifs is 1. The van der Waals surface area contributed by atoms with E-state index >= 15 is 0 Å². The van der Waals surface area contributed by atoms with E-state index in [0.29, 0.717) is 13.1 Å². The van der Waals surface area contributed by atoms with Gasteiger partial charge in [0.05, 0.1) is 11.8 Å². The lowest BCUT2D eigenvalue weighted by Gasteiger charge is -2.15. The molecule has 0 unspecified atom stereocenters. The number of benzene rings is 1. The number of nitrogens with zero attached hydrogens (tertiary/aromatic N) is 2. The third-order valence-corrected chi connectivity index (χ3v) is 3.47. The Balaban J connectivity index is 1.89. The van der Waals surface area contributed by atoms with Crippen molar-refractivity contribution in [2.45, 2.75) is 13.1 Å². The SMILES string of the molecule is O=C(c1cc(F)cnc1Cl)N1Cc2ccccc2C1. The van der Waals surface area contributed by atoms with Crippen LogP contribution in [-0.4, -0.2) is 15.8 Å². The van der Waals surface area contributed by atoms with Crippen LogP contribution in [0.1, 0.15) is 21.5 Å². The first-order valence-corrected chi connectivity index (χ1v) is 6.20. The van der Waals surface area contributed by atoms with E-state index in [1.807, 2.05) is 24.3 Å². The van der Waals surface area contributed by atoms with Crippen LogP contribution in [0.5, 0.6) is 0 Å². The molecular weight excluding hydrogens is 267 g/mol. The van der Waals surface area contributed by atoms with Crippen LogP contribution in [-0.2, 0) is 13.1 Å². The number of hydrogen-bond donors (Lipinski definition) is 0. The van der Waals surface area contributed by atoms with Crippen LogP contribution < -0.4 is 0 Å². The average molecular weight is 277 g/mol. The Labute approximate surface area is 114 Å². The molecule has 1 amide bonds. The Bertz CT molecular complexity index is 635. The fourth-order valence-corrected chi connectivity index (χ4v) is 2.40. The van der Waals surface area contributed by atoms with Crippen molar-refractivity contribution in [2.75, 3.05) is 0 Å². The molecule has 1 aliphatic heterocycles. The molecule has 2 aromatic rings. The monoisotopic (exact) mass is 276 g/mol. The van der Waals surface area contributed by atoms with Gasteiger partial charge in [0.25, 0.3) is 5.91 Å². The van der Waals surface area contributed by atoms with Crippen LogP contribution in [0.3, 0.4) is 0 Å². The molecule has 0 N–H and O–H groups in total. The van der Waals surface area contributed by atoms with Crippen molar-refractivity contribution in [3.8, 4) is 0 Å². The lowest BCUT2D eigenvalue weighted by Crippen LogP contribution is -2.25. The van der Waals surface area contributed by atoms with Gasteiger partial charge in [0.1, 0.15) is 11.0 Å². The van der Waals surface area contributed by atoms with Crippen molar-refractivity contribution in [1.82, 2.24) is 9.88 Å². The van der Waals surface area contributed by atoms with Gasteiger partial charge in [-0.3, -0.25) is 4.79 Å². The summed E-state index contributed by atoms with van der Waals surface area (Å²) in [7, 11) is 0. The zero-order valence-electron chi connectivity index (χ0n) is 9.94. The lowest BCUT2D eigenvalue weighted by molar-refractivity contribution is 0.0750. The highest BCUT2D eigenvalue weighted by Crippen LogP contribution is 2.25. The summed E-state index contributed by atoms with van der Waals surface area (Å²) in [4.78, 5) is 17.6. The van der Waals surface area contributed by atoms with E-state index in [1.165, 1.54) is 0 Å². The van der Waals surface area contributed by atoms with Crippen molar-refractivity contribution in [3.63, 3.8) is 0 Å². The Kier molecular flexibility index (Phi) is 2.95. The third-order valence-electron chi connectivity index (χ3n) is 3.16. The molecule has 3 nitrogen and oxygen atoms in total. The Hall–Kier alpha value is -1.94. The van der Waals surface area contributed by atoms with Crippen LogP contribution in [0.25, 0.3) is 0 Å². The van der Waals surface area contributed by atoms with E-state index in [0.717, 1.165) is 23.4 Å². The minimum absolute atomic E-state index is 0.0300. The summed E-state index contributed by atoms with van der Waals surface area (Å²) in [6.07, 6.45) is 0.998. The summed E-state index contributed by atoms with van der Waals surface area (Å²) in [5.41, 5.74) is 2.32. The predicted octanol–water partition coefficient (Wildman–Crippen LogP) is 3.03. The first-order valence-electron chi connectivity index (χ1n) is 5.82. The molecule has 0 radical (unpaired) electrons. The molecule has 1 aromatic heterocycles. The van der Waals surface area contributed by atoms with Crippen molar-refractivity contribution in [3.05, 3.63) is 64.2 Å². The minimum atomic E-state index is -0.565. The number of amides is 1. The second kappa shape index (κ2) is 4.63. The highest BCUT2D eigenvalue weighted by Gasteiger charge is 2.25. The predicted molar refractivity (Wildman–Crippen MR) is 69.2 cm³/mol. The Morgan fingerprint density at radius 2 is 1.89 bits per heavy atom. The zero-order valence-corrected chi connectivity index (χ0v) is 10.7. The van der Waals surface area contributed by atoms with E-state index in [4.69, 9.17) is 11.6 Å². The van der Waals surface area contributed by atoms with Crippen molar-refractivity contribution >= 4 is 17.5 Å². The van der Waals surface area contributed by atoms with Crippen molar-refractivity contribution in [2.24, 2.45) is 0 Å². The fourth-order valence-electron chi connectivity index (χ4n) is 2.22. The van der Waals surface area contributed by atoms with E-state index in [2.05, 4.69) is 4.98 Å². The molecule has 0 saturated carbocycles. The lowest BCUT2D eigenvalue weighted by atomic mass is 10.1. The first kappa shape index (κ1) is 12.1. The van der Waals surface area contributed by atoms with Gasteiger partial charge in [0, 0.05) is 13.1 Å². The summed E-state index contributed by atoms with van der Waals surface area (Å²) in [6, 6.07) is 8.95. The highest BCUT2D eigenvalue weighted by molar-refractivity contribution is 6.32. The van der Waals surface area contributed by atoms with Crippen molar-refractivity contribution in [1.29, 1.82) is 0 Å². The van der Waals surface area contributed by atoms with Crippen LogP contribution in [0.2, 0.25) is 5.15 Å². The molecule has 19 heavy (non-hydrogen) atoms. The van der Waals surface area contributed by atoms with Gasteiger partial charge < -0.3 is 4.90 Å². The molecule has 0 spiro atoms. The minimum Gasteiger partial charge on any atom is -0.330 e. The largest absolute Gasteiger partial charge is 0.330 e. The molecule has 0 aliphatic carbocycles. The Morgan fingerprint density at radius 3 is 2.53 bits per heavy atom. The number of carbonyl (C=O) groups is 1. The van der Waals surface area contributed by atoms with E-state index in [-0.39, 0.29) is 16.6 Å². The number of hydrogen-bond acceptors (Lipinski definition) is 2. The van der Waals surface area contributed by atoms with Crippen LogP contribution >= 0.6 is 11.6 Å². The molecular formula is C14H10ClFN2O. The maximum absolute atomic E-state index is 13.2. The maximum atomic E-state index is 13.2. The standard InChI is InChI=1S/C14H10ClFN2O/c15-13-12(5-11(16)6-17-13)14(19)18-7-9-3-1-2-4-10(9)8-18/h1-6H,7-8H2. The molecule has 96 valence electrons. The quantitative estimate of drug-likeness (QED) is 0.750. The number of rotatable bonds is 1. The van der Waals surface area contributed by atoms with Crippen LogP contribution in [0.15, 0.2) is 36.5 Å². The van der Waals surface area contributed by atoms with Gasteiger partial charge in [-0.15, -0.1) is 0 Å². The van der Waals surface area contributed by atoms with Crippen LogP contribution in [0, 0.1) is 5.82 Å². The number of pyridine rings is 1. The average Bonchev–Trinajstić information content (AvgIpc) is 2.84. The number of aromatic nitrogens is 1. The van der Waals surface area contributed by atoms with Gasteiger partial charge in [-0.1, -0.05) is 35.9 Å². The Morgan fingerprint density at radius 1 is 1.26 bits per heavy atom. The van der Waals surface area contributed by atoms with Crippen LogP contribution in [0.4, 0.5) is 4.39 Å². The van der Waals surface area contributed by atoms with E-state index in [9.17, 15) is 9.18 Å². The molecule has 2 heterocycles. The molecule has 0 atom stereocenters. The van der Waals surface area contributed by atoms with Crippen molar-refractivity contribution < 1.29 is 9.18 Å². The van der Waals surface area contributed by atoms with E-state index in [1.54, 1.807) is 4.90 Å². The summed E-state index contributed by atoms with van der Waals surface area (Å²) in [5.74, 6) is -0.863. The smallest absolute Gasteiger partial charge is 0.257 e.